The highest BCUT2D eigenvalue weighted by atomic mass is 32.2. The monoisotopic (exact) mass is 272 g/mol. The summed E-state index contributed by atoms with van der Waals surface area (Å²) in [6.45, 7) is 3.31. The van der Waals surface area contributed by atoms with Gasteiger partial charge in [0.2, 0.25) is 10.0 Å². The Bertz CT molecular complexity index is 539. The fourth-order valence-electron chi connectivity index (χ4n) is 1.34. The van der Waals surface area contributed by atoms with Crippen molar-refractivity contribution in [3.05, 3.63) is 24.3 Å². The van der Waals surface area contributed by atoms with Gasteiger partial charge in [0.05, 0.1) is 4.90 Å². The van der Waals surface area contributed by atoms with Crippen molar-refractivity contribution in [3.8, 4) is 0 Å². The van der Waals surface area contributed by atoms with Gasteiger partial charge in [0, 0.05) is 5.69 Å². The molecule has 0 aliphatic rings. The van der Waals surface area contributed by atoms with Crippen LogP contribution >= 0.6 is 0 Å². The van der Waals surface area contributed by atoms with Crippen LogP contribution in [-0.4, -0.2) is 25.0 Å². The molecule has 0 fully saturated rings. The molecule has 1 rings (SSSR count). The van der Waals surface area contributed by atoms with E-state index in [0.29, 0.717) is 12.1 Å². The molecule has 7 heteroatoms. The lowest BCUT2D eigenvalue weighted by molar-refractivity contribution is -0.141. The molecule has 18 heavy (non-hydrogen) atoms. The predicted molar refractivity (Wildman–Crippen MR) is 67.8 cm³/mol. The summed E-state index contributed by atoms with van der Waals surface area (Å²) < 4.78 is 22.1. The fraction of sp³-hybridized carbons (Fsp3) is 0.364. The van der Waals surface area contributed by atoms with Gasteiger partial charge in [-0.05, 0) is 37.6 Å². The van der Waals surface area contributed by atoms with Crippen LogP contribution in [0.4, 0.5) is 5.69 Å². The second-order valence-corrected chi connectivity index (χ2v) is 5.75. The van der Waals surface area contributed by atoms with Crippen LogP contribution < -0.4 is 10.5 Å². The Balaban J connectivity index is 2.97. The highest BCUT2D eigenvalue weighted by Crippen LogP contribution is 2.20. The van der Waals surface area contributed by atoms with E-state index in [1.807, 2.05) is 0 Å². The number of carboxylic acid groups (broad SMARTS) is 1. The molecule has 0 saturated carbocycles. The van der Waals surface area contributed by atoms with Gasteiger partial charge < -0.3 is 10.4 Å². The van der Waals surface area contributed by atoms with Crippen molar-refractivity contribution >= 4 is 21.7 Å². The van der Waals surface area contributed by atoms with Gasteiger partial charge in [0.1, 0.15) is 5.54 Å². The third kappa shape index (κ3) is 3.21. The Labute approximate surface area is 106 Å². The summed E-state index contributed by atoms with van der Waals surface area (Å²) in [6.07, 6.45) is 0.388. The van der Waals surface area contributed by atoms with Crippen LogP contribution in [0.25, 0.3) is 0 Å². The number of benzene rings is 1. The molecule has 0 radical (unpaired) electrons. The summed E-state index contributed by atoms with van der Waals surface area (Å²) in [4.78, 5) is 11.1. The van der Waals surface area contributed by atoms with Gasteiger partial charge in [0.15, 0.2) is 0 Å². The summed E-state index contributed by atoms with van der Waals surface area (Å²) in [5.41, 5.74) is -0.572. The van der Waals surface area contributed by atoms with Gasteiger partial charge in [-0.15, -0.1) is 0 Å². The second-order valence-electron chi connectivity index (χ2n) is 4.19. The first-order valence-corrected chi connectivity index (χ1v) is 6.88. The lowest BCUT2D eigenvalue weighted by Gasteiger charge is -2.25. The number of carbonyl (C=O) groups is 1. The van der Waals surface area contributed by atoms with Gasteiger partial charge in [-0.1, -0.05) is 6.92 Å². The van der Waals surface area contributed by atoms with Crippen molar-refractivity contribution in [2.45, 2.75) is 30.7 Å². The van der Waals surface area contributed by atoms with Gasteiger partial charge in [-0.3, -0.25) is 0 Å². The van der Waals surface area contributed by atoms with E-state index in [0.717, 1.165) is 0 Å². The van der Waals surface area contributed by atoms with Gasteiger partial charge in [0.25, 0.3) is 0 Å². The summed E-state index contributed by atoms with van der Waals surface area (Å²) in [7, 11) is -3.73. The zero-order valence-electron chi connectivity index (χ0n) is 10.2. The predicted octanol–water partition coefficient (Wildman–Crippen LogP) is 0.999. The number of primary sulfonamides is 1. The zero-order valence-corrected chi connectivity index (χ0v) is 11.0. The molecule has 100 valence electrons. The summed E-state index contributed by atoms with van der Waals surface area (Å²) >= 11 is 0. The summed E-state index contributed by atoms with van der Waals surface area (Å²) in [5.74, 6) is -0.972. The number of aliphatic carboxylic acids is 1. The number of carboxylic acids is 1. The van der Waals surface area contributed by atoms with Crippen molar-refractivity contribution < 1.29 is 18.3 Å². The molecular formula is C11H16N2O4S. The Morgan fingerprint density at radius 3 is 2.22 bits per heavy atom. The molecule has 0 aromatic heterocycles. The highest BCUT2D eigenvalue weighted by molar-refractivity contribution is 7.89. The number of sulfonamides is 1. The van der Waals surface area contributed by atoms with Gasteiger partial charge >= 0.3 is 5.97 Å². The highest BCUT2D eigenvalue weighted by Gasteiger charge is 2.30. The van der Waals surface area contributed by atoms with Crippen molar-refractivity contribution in [2.24, 2.45) is 5.14 Å². The molecule has 0 aliphatic carbocycles. The van der Waals surface area contributed by atoms with Crippen LogP contribution in [0.2, 0.25) is 0 Å². The Morgan fingerprint density at radius 1 is 1.39 bits per heavy atom. The van der Waals surface area contributed by atoms with E-state index in [9.17, 15) is 13.2 Å². The van der Waals surface area contributed by atoms with E-state index in [-0.39, 0.29) is 4.90 Å². The molecule has 1 aromatic carbocycles. The fourth-order valence-corrected chi connectivity index (χ4v) is 1.86. The van der Waals surface area contributed by atoms with E-state index in [4.69, 9.17) is 10.2 Å². The lowest BCUT2D eigenvalue weighted by Crippen LogP contribution is -2.42. The maximum atomic E-state index is 11.1. The number of nitrogens with two attached hydrogens (primary N) is 1. The average Bonchev–Trinajstić information content (AvgIpc) is 2.28. The maximum absolute atomic E-state index is 11.1. The normalized spacial score (nSPS) is 14.8. The first-order valence-electron chi connectivity index (χ1n) is 5.33. The smallest absolute Gasteiger partial charge is 0.329 e. The molecule has 1 unspecified atom stereocenters. The van der Waals surface area contributed by atoms with E-state index in [1.165, 1.54) is 24.3 Å². The Kier molecular flexibility index (Phi) is 3.98. The maximum Gasteiger partial charge on any atom is 0.329 e. The standard InChI is InChI=1S/C11H16N2O4S/c1-3-11(2,10(14)15)13-8-4-6-9(7-5-8)18(12,16)17/h4-7,13H,3H2,1-2H3,(H,14,15)(H2,12,16,17). The van der Waals surface area contributed by atoms with Gasteiger partial charge in [-0.25, -0.2) is 18.4 Å². The second kappa shape index (κ2) is 4.95. The van der Waals surface area contributed by atoms with Crippen LogP contribution in [0.1, 0.15) is 20.3 Å². The minimum atomic E-state index is -3.73. The van der Waals surface area contributed by atoms with Crippen molar-refractivity contribution in [1.29, 1.82) is 0 Å². The first kappa shape index (κ1) is 14.5. The van der Waals surface area contributed by atoms with Crippen molar-refractivity contribution in [2.75, 3.05) is 5.32 Å². The van der Waals surface area contributed by atoms with Crippen LogP contribution in [-0.2, 0) is 14.8 Å². The number of nitrogens with one attached hydrogen (secondary N) is 1. The molecule has 0 amide bonds. The number of rotatable bonds is 5. The average molecular weight is 272 g/mol. The molecule has 6 nitrogen and oxygen atoms in total. The Hall–Kier alpha value is -1.60. The van der Waals surface area contributed by atoms with E-state index >= 15 is 0 Å². The molecule has 0 heterocycles. The van der Waals surface area contributed by atoms with Crippen molar-refractivity contribution in [1.82, 2.24) is 0 Å². The number of hydrogen-bond acceptors (Lipinski definition) is 4. The minimum absolute atomic E-state index is 0.0124. The number of hydrogen-bond donors (Lipinski definition) is 3. The van der Waals surface area contributed by atoms with Crippen LogP contribution in [0, 0.1) is 0 Å². The first-order chi connectivity index (χ1) is 8.19. The van der Waals surface area contributed by atoms with Crippen molar-refractivity contribution in [3.63, 3.8) is 0 Å². The topological polar surface area (TPSA) is 109 Å². The molecule has 0 bridgehead atoms. The minimum Gasteiger partial charge on any atom is -0.480 e. The third-order valence-corrected chi connectivity index (χ3v) is 3.71. The van der Waals surface area contributed by atoms with E-state index < -0.39 is 21.5 Å². The van der Waals surface area contributed by atoms with Gasteiger partial charge in [-0.2, -0.15) is 0 Å². The third-order valence-electron chi connectivity index (χ3n) is 2.78. The van der Waals surface area contributed by atoms with Crippen LogP contribution in [0.3, 0.4) is 0 Å². The lowest BCUT2D eigenvalue weighted by atomic mass is 9.99. The number of anilines is 1. The Morgan fingerprint density at radius 2 is 1.89 bits per heavy atom. The SMILES string of the molecule is CCC(C)(Nc1ccc(S(N)(=O)=O)cc1)C(=O)O. The zero-order chi connectivity index (χ0) is 14.0. The molecule has 1 atom stereocenters. The molecule has 1 aromatic rings. The summed E-state index contributed by atoms with van der Waals surface area (Å²) in [5, 5.41) is 16.9. The molecule has 0 saturated heterocycles. The molecule has 4 N–H and O–H groups in total. The molecule has 0 aliphatic heterocycles. The molecular weight excluding hydrogens is 256 g/mol. The molecule has 0 spiro atoms. The quantitative estimate of drug-likeness (QED) is 0.740. The van der Waals surface area contributed by atoms with E-state index in [1.54, 1.807) is 13.8 Å². The summed E-state index contributed by atoms with van der Waals surface area (Å²) in [6, 6.07) is 5.62. The largest absolute Gasteiger partial charge is 0.480 e. The van der Waals surface area contributed by atoms with Crippen LogP contribution in [0.15, 0.2) is 29.2 Å². The van der Waals surface area contributed by atoms with E-state index in [2.05, 4.69) is 5.32 Å². The van der Waals surface area contributed by atoms with Crippen LogP contribution in [0.5, 0.6) is 0 Å².